The number of aliphatic imine (C=N–C) groups is 1. The molecule has 3 heteroatoms. The van der Waals surface area contributed by atoms with Crippen molar-refractivity contribution in [1.29, 1.82) is 0 Å². The molecule has 0 amide bonds. The van der Waals surface area contributed by atoms with E-state index >= 15 is 0 Å². The van der Waals surface area contributed by atoms with E-state index in [0.29, 0.717) is 0 Å². The van der Waals surface area contributed by atoms with Crippen LogP contribution in [0.4, 0.5) is 22.7 Å². The second-order valence-electron chi connectivity index (χ2n) is 6.02. The van der Waals surface area contributed by atoms with Crippen LogP contribution in [0, 0.1) is 6.92 Å². The third-order valence-electron chi connectivity index (χ3n) is 4.31. The van der Waals surface area contributed by atoms with Crippen molar-refractivity contribution in [3.8, 4) is 0 Å². The van der Waals surface area contributed by atoms with Gasteiger partial charge in [0.05, 0.1) is 11.4 Å². The first-order valence-corrected chi connectivity index (χ1v) is 8.07. The number of rotatable bonds is 1. The van der Waals surface area contributed by atoms with Gasteiger partial charge in [-0.25, -0.2) is 4.99 Å². The van der Waals surface area contributed by atoms with Crippen LogP contribution in [0.3, 0.4) is 0 Å². The first-order valence-electron chi connectivity index (χ1n) is 8.07. The Kier molecular flexibility index (Phi) is 3.54. The Labute approximate surface area is 142 Å². The van der Waals surface area contributed by atoms with Crippen molar-refractivity contribution >= 4 is 28.6 Å². The number of hydrogen-bond acceptors (Lipinski definition) is 3. The average Bonchev–Trinajstić information content (AvgIpc) is 2.78. The molecule has 1 heterocycles. The summed E-state index contributed by atoms with van der Waals surface area (Å²) in [7, 11) is 2.06. The van der Waals surface area contributed by atoms with Gasteiger partial charge in [-0.2, -0.15) is 0 Å². The van der Waals surface area contributed by atoms with Crippen LogP contribution in [0.25, 0.3) is 0 Å². The van der Waals surface area contributed by atoms with Crippen LogP contribution >= 0.6 is 0 Å². The highest BCUT2D eigenvalue weighted by Gasteiger charge is 2.19. The number of aryl methyl sites for hydroxylation is 1. The average molecular weight is 313 g/mol. The molecular weight excluding hydrogens is 294 g/mol. The van der Waals surface area contributed by atoms with Crippen LogP contribution in [0.1, 0.15) is 11.1 Å². The quantitative estimate of drug-likeness (QED) is 0.663. The molecule has 3 nitrogen and oxygen atoms in total. The standard InChI is InChI=1S/C21H19N3/c1-15-11-13-16(14-12-15)24(2)21-17-7-3-4-8-18(17)22-19-9-5-6-10-20(19)23-21/h3-14,22H,1-2H3. The number of anilines is 3. The maximum absolute atomic E-state index is 4.96. The topological polar surface area (TPSA) is 27.6 Å². The zero-order chi connectivity index (χ0) is 16.5. The van der Waals surface area contributed by atoms with Gasteiger partial charge in [-0.05, 0) is 43.3 Å². The summed E-state index contributed by atoms with van der Waals surface area (Å²) in [5.41, 5.74) is 6.51. The summed E-state index contributed by atoms with van der Waals surface area (Å²) in [6, 6.07) is 25.0. The third kappa shape index (κ3) is 2.54. The molecular formula is C21H19N3. The third-order valence-corrected chi connectivity index (χ3v) is 4.31. The van der Waals surface area contributed by atoms with E-state index < -0.39 is 0 Å². The summed E-state index contributed by atoms with van der Waals surface area (Å²) < 4.78 is 0. The van der Waals surface area contributed by atoms with Crippen molar-refractivity contribution < 1.29 is 0 Å². The summed E-state index contributed by atoms with van der Waals surface area (Å²) in [5.74, 6) is 0.937. The Morgan fingerprint density at radius 2 is 1.46 bits per heavy atom. The highest BCUT2D eigenvalue weighted by Crippen LogP contribution is 2.35. The minimum atomic E-state index is 0.937. The van der Waals surface area contributed by atoms with E-state index in [4.69, 9.17) is 4.99 Å². The lowest BCUT2D eigenvalue weighted by molar-refractivity contribution is 1.24. The fraction of sp³-hybridized carbons (Fsp3) is 0.0952. The molecule has 1 aliphatic heterocycles. The van der Waals surface area contributed by atoms with Crippen LogP contribution in [0.5, 0.6) is 0 Å². The first kappa shape index (κ1) is 14.5. The molecule has 0 aromatic heterocycles. The monoisotopic (exact) mass is 313 g/mol. The minimum absolute atomic E-state index is 0.937. The SMILES string of the molecule is Cc1ccc(N(C)C2=Nc3ccccc3Nc3ccccc32)cc1. The first-order chi connectivity index (χ1) is 11.7. The molecule has 3 aromatic carbocycles. The second-order valence-corrected chi connectivity index (χ2v) is 6.02. The Morgan fingerprint density at radius 1 is 0.792 bits per heavy atom. The summed E-state index contributed by atoms with van der Waals surface area (Å²) in [6.07, 6.45) is 0. The summed E-state index contributed by atoms with van der Waals surface area (Å²) in [4.78, 5) is 7.10. The Morgan fingerprint density at radius 3 is 2.25 bits per heavy atom. The number of fused-ring (bicyclic) bond motifs is 2. The van der Waals surface area contributed by atoms with Crippen LogP contribution in [0.15, 0.2) is 77.8 Å². The second kappa shape index (κ2) is 5.85. The van der Waals surface area contributed by atoms with E-state index in [1.807, 2.05) is 24.3 Å². The molecule has 0 unspecified atom stereocenters. The molecule has 0 bridgehead atoms. The van der Waals surface area contributed by atoms with E-state index in [-0.39, 0.29) is 0 Å². The largest absolute Gasteiger partial charge is 0.353 e. The van der Waals surface area contributed by atoms with E-state index in [1.165, 1.54) is 5.56 Å². The van der Waals surface area contributed by atoms with Crippen LogP contribution < -0.4 is 10.2 Å². The highest BCUT2D eigenvalue weighted by molar-refractivity contribution is 6.15. The van der Waals surface area contributed by atoms with E-state index in [1.54, 1.807) is 0 Å². The molecule has 1 aliphatic rings. The summed E-state index contributed by atoms with van der Waals surface area (Å²) in [6.45, 7) is 2.10. The predicted molar refractivity (Wildman–Crippen MR) is 102 cm³/mol. The van der Waals surface area contributed by atoms with Crippen molar-refractivity contribution in [3.05, 3.63) is 83.9 Å². The van der Waals surface area contributed by atoms with E-state index in [9.17, 15) is 0 Å². The molecule has 24 heavy (non-hydrogen) atoms. The molecule has 0 atom stereocenters. The molecule has 0 spiro atoms. The molecule has 0 fully saturated rings. The zero-order valence-corrected chi connectivity index (χ0v) is 13.8. The fourth-order valence-electron chi connectivity index (χ4n) is 2.93. The molecule has 0 saturated heterocycles. The van der Waals surface area contributed by atoms with Gasteiger partial charge >= 0.3 is 0 Å². The molecule has 0 radical (unpaired) electrons. The van der Waals surface area contributed by atoms with Gasteiger partial charge in [0.15, 0.2) is 0 Å². The molecule has 1 N–H and O–H groups in total. The maximum atomic E-state index is 4.96. The molecule has 118 valence electrons. The summed E-state index contributed by atoms with van der Waals surface area (Å²) in [5, 5.41) is 3.51. The van der Waals surface area contributed by atoms with Gasteiger partial charge in [0, 0.05) is 24.0 Å². The van der Waals surface area contributed by atoms with Crippen LogP contribution in [0.2, 0.25) is 0 Å². The van der Waals surface area contributed by atoms with Gasteiger partial charge in [-0.1, -0.05) is 42.0 Å². The molecule has 0 saturated carbocycles. The minimum Gasteiger partial charge on any atom is -0.353 e. The molecule has 4 rings (SSSR count). The predicted octanol–water partition coefficient (Wildman–Crippen LogP) is 5.27. The highest BCUT2D eigenvalue weighted by atomic mass is 15.2. The van der Waals surface area contributed by atoms with Crippen LogP contribution in [-0.2, 0) is 0 Å². The Balaban J connectivity index is 1.88. The number of nitrogens with zero attached hydrogens (tertiary/aromatic N) is 2. The number of nitrogens with one attached hydrogen (secondary N) is 1. The Hall–Kier alpha value is -3.07. The van der Waals surface area contributed by atoms with Gasteiger partial charge < -0.3 is 10.2 Å². The van der Waals surface area contributed by atoms with Crippen molar-refractivity contribution in [3.63, 3.8) is 0 Å². The van der Waals surface area contributed by atoms with Gasteiger partial charge in [0.1, 0.15) is 5.84 Å². The lowest BCUT2D eigenvalue weighted by atomic mass is 10.1. The zero-order valence-electron chi connectivity index (χ0n) is 13.8. The smallest absolute Gasteiger partial charge is 0.142 e. The number of amidine groups is 1. The fourth-order valence-corrected chi connectivity index (χ4v) is 2.93. The van der Waals surface area contributed by atoms with Gasteiger partial charge in [-0.15, -0.1) is 0 Å². The van der Waals surface area contributed by atoms with Crippen molar-refractivity contribution in [1.82, 2.24) is 0 Å². The maximum Gasteiger partial charge on any atom is 0.142 e. The number of benzene rings is 3. The molecule has 0 aliphatic carbocycles. The van der Waals surface area contributed by atoms with Crippen molar-refractivity contribution in [2.45, 2.75) is 6.92 Å². The van der Waals surface area contributed by atoms with Gasteiger partial charge in [0.2, 0.25) is 0 Å². The van der Waals surface area contributed by atoms with Crippen molar-refractivity contribution in [2.24, 2.45) is 4.99 Å². The van der Waals surface area contributed by atoms with Gasteiger partial charge in [0.25, 0.3) is 0 Å². The summed E-state index contributed by atoms with van der Waals surface area (Å²) >= 11 is 0. The number of para-hydroxylation sites is 3. The van der Waals surface area contributed by atoms with Gasteiger partial charge in [-0.3, -0.25) is 0 Å². The lowest BCUT2D eigenvalue weighted by Gasteiger charge is -2.22. The molecule has 3 aromatic rings. The Bertz CT molecular complexity index is 910. The lowest BCUT2D eigenvalue weighted by Crippen LogP contribution is -2.27. The normalized spacial score (nSPS) is 12.3. The van der Waals surface area contributed by atoms with Crippen molar-refractivity contribution in [2.75, 3.05) is 17.3 Å². The number of hydrogen-bond donors (Lipinski definition) is 1. The van der Waals surface area contributed by atoms with Crippen LogP contribution in [-0.4, -0.2) is 12.9 Å². The van der Waals surface area contributed by atoms with E-state index in [2.05, 4.69) is 72.7 Å². The van der Waals surface area contributed by atoms with E-state index in [0.717, 1.165) is 34.1 Å².